The van der Waals surface area contributed by atoms with Crippen LogP contribution in [0.15, 0.2) is 24.3 Å². The largest absolute Gasteiger partial charge is 0.517 e. The smallest absolute Gasteiger partial charge is 0.465 e. The summed E-state index contributed by atoms with van der Waals surface area (Å²) in [6, 6.07) is 4.33. The van der Waals surface area contributed by atoms with E-state index in [1.165, 1.54) is 26.2 Å². The van der Waals surface area contributed by atoms with E-state index in [0.717, 1.165) is 23.5 Å². The number of alkyl halides is 3. The predicted molar refractivity (Wildman–Crippen MR) is 97.5 cm³/mol. The third kappa shape index (κ3) is 4.67. The van der Waals surface area contributed by atoms with Crippen LogP contribution in [-0.2, 0) is 19.6 Å². The van der Waals surface area contributed by atoms with Gasteiger partial charge in [-0.15, -0.1) is 0 Å². The summed E-state index contributed by atoms with van der Waals surface area (Å²) in [6.45, 7) is 2.80. The summed E-state index contributed by atoms with van der Waals surface area (Å²) in [5, 5.41) is 0.0695. The summed E-state index contributed by atoms with van der Waals surface area (Å²) in [7, 11) is -4.70. The van der Waals surface area contributed by atoms with Gasteiger partial charge in [-0.05, 0) is 31.2 Å². The summed E-state index contributed by atoms with van der Waals surface area (Å²) in [6.07, 6.45) is -0.456. The molecule has 2 aromatic rings. The lowest BCUT2D eigenvalue weighted by molar-refractivity contribution is -0.117. The Kier molecular flexibility index (Phi) is 6.53. The molecule has 0 aliphatic carbocycles. The highest BCUT2D eigenvalue weighted by Crippen LogP contribution is 2.34. The number of benzene rings is 1. The molecule has 1 heterocycles. The van der Waals surface area contributed by atoms with Crippen molar-refractivity contribution in [3.8, 4) is 10.9 Å². The van der Waals surface area contributed by atoms with Crippen molar-refractivity contribution in [3.63, 3.8) is 0 Å². The zero-order valence-corrected chi connectivity index (χ0v) is 16.9. The molecule has 0 saturated carbocycles. The number of methoxy groups -OCH3 is 1. The Bertz CT molecular complexity index is 1020. The number of anilines is 1. The van der Waals surface area contributed by atoms with Crippen molar-refractivity contribution in [3.05, 3.63) is 34.8 Å². The molecule has 0 aliphatic rings. The van der Waals surface area contributed by atoms with Crippen LogP contribution in [-0.4, -0.2) is 37.9 Å². The van der Waals surface area contributed by atoms with Crippen molar-refractivity contribution in [2.75, 3.05) is 11.4 Å². The molecule has 0 radical (unpaired) electrons. The second-order valence-corrected chi connectivity index (χ2v) is 8.18. The first-order chi connectivity index (χ1) is 13.4. The molecule has 0 unspecified atom stereocenters. The molecule has 13 heteroatoms. The molecule has 0 fully saturated rings. The molecule has 2 rings (SSSR count). The number of nitrogens with zero attached hydrogens (tertiary/aromatic N) is 2. The van der Waals surface area contributed by atoms with Gasteiger partial charge in [-0.1, -0.05) is 18.3 Å². The fourth-order valence-corrected chi connectivity index (χ4v) is 3.97. The first kappa shape index (κ1) is 22.6. The number of ether oxygens (including phenoxy) is 2. The van der Waals surface area contributed by atoms with Crippen LogP contribution in [0, 0.1) is 6.92 Å². The van der Waals surface area contributed by atoms with Gasteiger partial charge in [-0.2, -0.15) is 25.9 Å². The molecule has 0 spiro atoms. The van der Waals surface area contributed by atoms with E-state index in [1.807, 2.05) is 0 Å². The van der Waals surface area contributed by atoms with E-state index in [2.05, 4.69) is 9.72 Å². The van der Waals surface area contributed by atoms with E-state index in [-0.39, 0.29) is 20.1 Å². The van der Waals surface area contributed by atoms with Crippen molar-refractivity contribution in [1.82, 2.24) is 4.98 Å². The molecule has 158 valence electrons. The molecular formula is C16H15F3N2O6S2. The fraction of sp³-hybridized carbons (Fsp3) is 0.312. The third-order valence-electron chi connectivity index (χ3n) is 3.49. The highest BCUT2D eigenvalue weighted by Gasteiger charge is 2.52. The Morgan fingerprint density at radius 1 is 1.21 bits per heavy atom. The normalized spacial score (nSPS) is 11.8. The number of esters is 1. The number of halogens is 3. The number of hydrogen-bond acceptors (Lipinski definition) is 8. The van der Waals surface area contributed by atoms with Crippen molar-refractivity contribution in [1.29, 1.82) is 0 Å². The third-order valence-corrected chi connectivity index (χ3v) is 5.98. The highest BCUT2D eigenvalue weighted by molar-refractivity contribution is 7.94. The fourth-order valence-electron chi connectivity index (χ4n) is 2.11. The number of aryl methyl sites for hydroxylation is 1. The van der Waals surface area contributed by atoms with Crippen molar-refractivity contribution in [2.24, 2.45) is 0 Å². The van der Waals surface area contributed by atoms with Gasteiger partial charge in [-0.3, -0.25) is 4.79 Å². The number of carbonyl (C=O) groups is 2. The van der Waals surface area contributed by atoms with E-state index < -0.39 is 39.5 Å². The van der Waals surface area contributed by atoms with Crippen LogP contribution in [0.25, 0.3) is 0 Å². The Labute approximate surface area is 167 Å². The quantitative estimate of drug-likeness (QED) is 0.617. The average molecular weight is 452 g/mol. The lowest BCUT2D eigenvalue weighted by Gasteiger charge is -2.23. The summed E-state index contributed by atoms with van der Waals surface area (Å²) in [5.41, 5.74) is -5.77. The molecule has 8 nitrogen and oxygen atoms in total. The zero-order valence-electron chi connectivity index (χ0n) is 15.3. The van der Waals surface area contributed by atoms with Gasteiger partial charge in [0.25, 0.3) is 5.19 Å². The maximum atomic E-state index is 12.9. The topological polar surface area (TPSA) is 103 Å². The number of sulfonamides is 1. The zero-order chi connectivity index (χ0) is 22.0. The standard InChI is InChI=1S/C16H15F3N2O6S2/c1-4-12(22)21(29(24,25)16(17,18)19)10-5-7-11(8-6-10)27-15-20-9(2)13(28-15)14(23)26-3/h5-8H,4H2,1-3H3. The van der Waals surface area contributed by atoms with E-state index in [0.29, 0.717) is 5.69 Å². The van der Waals surface area contributed by atoms with Crippen LogP contribution in [0.4, 0.5) is 18.9 Å². The Balaban J connectivity index is 2.33. The Morgan fingerprint density at radius 3 is 2.28 bits per heavy atom. The molecule has 0 aliphatic heterocycles. The molecule has 0 N–H and O–H groups in total. The molecule has 1 aromatic carbocycles. The van der Waals surface area contributed by atoms with Crippen LogP contribution in [0.2, 0.25) is 0 Å². The van der Waals surface area contributed by atoms with E-state index >= 15 is 0 Å². The number of carbonyl (C=O) groups excluding carboxylic acids is 2. The van der Waals surface area contributed by atoms with Gasteiger partial charge in [0.15, 0.2) is 0 Å². The molecule has 1 aromatic heterocycles. The van der Waals surface area contributed by atoms with Gasteiger partial charge in [0.2, 0.25) is 5.91 Å². The number of amides is 1. The molecule has 1 amide bonds. The lowest BCUT2D eigenvalue weighted by atomic mass is 10.3. The van der Waals surface area contributed by atoms with Gasteiger partial charge in [0.05, 0.1) is 18.5 Å². The maximum absolute atomic E-state index is 12.9. The lowest BCUT2D eigenvalue weighted by Crippen LogP contribution is -2.44. The maximum Gasteiger partial charge on any atom is 0.517 e. The number of rotatable bonds is 6. The summed E-state index contributed by atoms with van der Waals surface area (Å²) < 4.78 is 72.0. The summed E-state index contributed by atoms with van der Waals surface area (Å²) in [4.78, 5) is 27.7. The minimum Gasteiger partial charge on any atom is -0.465 e. The average Bonchev–Trinajstić information content (AvgIpc) is 3.01. The predicted octanol–water partition coefficient (Wildman–Crippen LogP) is 3.62. The van der Waals surface area contributed by atoms with Crippen LogP contribution in [0.3, 0.4) is 0 Å². The van der Waals surface area contributed by atoms with Crippen molar-refractivity contribution < 1.29 is 40.7 Å². The van der Waals surface area contributed by atoms with E-state index in [1.54, 1.807) is 6.92 Å². The highest BCUT2D eigenvalue weighted by atomic mass is 32.2. The monoisotopic (exact) mass is 452 g/mol. The molecular weight excluding hydrogens is 437 g/mol. The Hall–Kier alpha value is -2.67. The second-order valence-electron chi connectivity index (χ2n) is 5.44. The first-order valence-electron chi connectivity index (χ1n) is 7.90. The van der Waals surface area contributed by atoms with Gasteiger partial charge in [-0.25, -0.2) is 9.78 Å². The molecule has 0 bridgehead atoms. The van der Waals surface area contributed by atoms with Gasteiger partial charge in [0, 0.05) is 6.42 Å². The van der Waals surface area contributed by atoms with Gasteiger partial charge < -0.3 is 9.47 Å². The molecule has 0 saturated heterocycles. The van der Waals surface area contributed by atoms with Crippen LogP contribution >= 0.6 is 11.3 Å². The minimum absolute atomic E-state index is 0.0695. The number of aromatic nitrogens is 1. The molecule has 0 atom stereocenters. The van der Waals surface area contributed by atoms with Crippen LogP contribution in [0.1, 0.15) is 28.7 Å². The van der Waals surface area contributed by atoms with Crippen molar-refractivity contribution >= 4 is 38.9 Å². The second kappa shape index (κ2) is 8.37. The number of thiazole rings is 1. The minimum atomic E-state index is -5.91. The van der Waals surface area contributed by atoms with E-state index in [4.69, 9.17) is 4.74 Å². The van der Waals surface area contributed by atoms with Gasteiger partial charge in [0.1, 0.15) is 10.6 Å². The molecule has 29 heavy (non-hydrogen) atoms. The summed E-state index contributed by atoms with van der Waals surface area (Å²) in [5.74, 6) is -1.74. The van der Waals surface area contributed by atoms with Crippen molar-refractivity contribution in [2.45, 2.75) is 25.8 Å². The van der Waals surface area contributed by atoms with E-state index in [9.17, 15) is 31.2 Å². The number of hydrogen-bond donors (Lipinski definition) is 0. The summed E-state index contributed by atoms with van der Waals surface area (Å²) >= 11 is 0.897. The Morgan fingerprint density at radius 2 is 1.79 bits per heavy atom. The van der Waals surface area contributed by atoms with Crippen LogP contribution in [0.5, 0.6) is 10.9 Å². The van der Waals surface area contributed by atoms with Crippen LogP contribution < -0.4 is 9.04 Å². The SMILES string of the molecule is CCC(=O)N(c1ccc(Oc2nc(C)c(C(=O)OC)s2)cc1)S(=O)(=O)C(F)(F)F. The van der Waals surface area contributed by atoms with Gasteiger partial charge >= 0.3 is 21.5 Å². The first-order valence-corrected chi connectivity index (χ1v) is 10.2.